The number of nitrogens with one attached hydrogen (secondary N) is 2. The number of hydrogen-bond donors (Lipinski definition) is 2. The summed E-state index contributed by atoms with van der Waals surface area (Å²) in [5, 5.41) is 4.22. The van der Waals surface area contributed by atoms with Crippen LogP contribution in [0.25, 0.3) is 10.9 Å². The van der Waals surface area contributed by atoms with E-state index in [1.807, 2.05) is 24.3 Å². The molecule has 3 rings (SSSR count). The fourth-order valence-electron chi connectivity index (χ4n) is 2.26. The molecule has 4 heteroatoms. The molecule has 3 aromatic rings. The Hall–Kier alpha value is -2.49. The number of benzene rings is 2. The molecule has 0 saturated carbocycles. The van der Waals surface area contributed by atoms with E-state index in [-0.39, 0.29) is 5.82 Å². The second-order valence-corrected chi connectivity index (χ2v) is 4.55. The van der Waals surface area contributed by atoms with E-state index in [0.717, 1.165) is 16.6 Å². The molecule has 2 N–H and O–H groups in total. The lowest BCUT2D eigenvalue weighted by Gasteiger charge is -2.11. The highest BCUT2D eigenvalue weighted by molar-refractivity contribution is 5.80. The van der Waals surface area contributed by atoms with E-state index in [1.165, 1.54) is 13.2 Å². The van der Waals surface area contributed by atoms with E-state index in [1.54, 1.807) is 12.1 Å². The van der Waals surface area contributed by atoms with Gasteiger partial charge in [0.25, 0.3) is 0 Å². The van der Waals surface area contributed by atoms with Crippen molar-refractivity contribution in [3.8, 4) is 5.75 Å². The van der Waals surface area contributed by atoms with Gasteiger partial charge in [-0.2, -0.15) is 0 Å². The summed E-state index contributed by atoms with van der Waals surface area (Å²) in [5.74, 6) is 0.182. The number of halogens is 1. The lowest BCUT2D eigenvalue weighted by molar-refractivity contribution is 0.413. The van der Waals surface area contributed by atoms with E-state index in [0.29, 0.717) is 18.0 Å². The van der Waals surface area contributed by atoms with Crippen molar-refractivity contribution < 1.29 is 9.13 Å². The third-order valence-corrected chi connectivity index (χ3v) is 3.24. The van der Waals surface area contributed by atoms with Crippen LogP contribution in [0.3, 0.4) is 0 Å². The zero-order valence-electron chi connectivity index (χ0n) is 11.1. The van der Waals surface area contributed by atoms with Gasteiger partial charge in [-0.1, -0.05) is 24.3 Å². The molecule has 0 radical (unpaired) electrons. The molecule has 0 saturated heterocycles. The highest BCUT2D eigenvalue weighted by Gasteiger charge is 2.09. The van der Waals surface area contributed by atoms with E-state index in [9.17, 15) is 4.39 Å². The Morgan fingerprint density at radius 3 is 2.80 bits per heavy atom. The summed E-state index contributed by atoms with van der Waals surface area (Å²) in [5.41, 5.74) is 2.45. The lowest BCUT2D eigenvalue weighted by Crippen LogP contribution is -2.03. The summed E-state index contributed by atoms with van der Waals surface area (Å²) in [7, 11) is 1.53. The molecule has 0 fully saturated rings. The van der Waals surface area contributed by atoms with Gasteiger partial charge in [0.1, 0.15) is 17.3 Å². The third kappa shape index (κ3) is 2.32. The van der Waals surface area contributed by atoms with Crippen molar-refractivity contribution in [1.82, 2.24) is 4.98 Å². The van der Waals surface area contributed by atoms with Crippen molar-refractivity contribution in [3.05, 3.63) is 60.0 Å². The minimum absolute atomic E-state index is 0.319. The first-order valence-corrected chi connectivity index (χ1v) is 6.41. The molecule has 2 aromatic carbocycles. The first kappa shape index (κ1) is 12.5. The van der Waals surface area contributed by atoms with Crippen LogP contribution in [-0.4, -0.2) is 12.1 Å². The fraction of sp³-hybridized carbons (Fsp3) is 0.125. The Morgan fingerprint density at radius 2 is 2.00 bits per heavy atom. The van der Waals surface area contributed by atoms with Gasteiger partial charge >= 0.3 is 0 Å². The summed E-state index contributed by atoms with van der Waals surface area (Å²) >= 11 is 0. The van der Waals surface area contributed by atoms with Crippen molar-refractivity contribution in [3.63, 3.8) is 0 Å². The molecule has 0 unspecified atom stereocenters. The summed E-state index contributed by atoms with van der Waals surface area (Å²) in [6.45, 7) is 0.506. The zero-order valence-corrected chi connectivity index (χ0v) is 11.1. The van der Waals surface area contributed by atoms with Crippen molar-refractivity contribution in [2.75, 3.05) is 12.4 Å². The minimum Gasteiger partial charge on any atom is -0.494 e. The van der Waals surface area contributed by atoms with Gasteiger partial charge in [-0.05, 0) is 29.7 Å². The van der Waals surface area contributed by atoms with Gasteiger partial charge in [-0.3, -0.25) is 0 Å². The van der Waals surface area contributed by atoms with Gasteiger partial charge in [0.2, 0.25) is 0 Å². The number of hydrogen-bond acceptors (Lipinski definition) is 2. The third-order valence-electron chi connectivity index (χ3n) is 3.24. The number of aromatic amines is 1. The topological polar surface area (TPSA) is 37.0 Å². The van der Waals surface area contributed by atoms with Gasteiger partial charge in [0.05, 0.1) is 13.7 Å². The Morgan fingerprint density at radius 1 is 1.15 bits per heavy atom. The van der Waals surface area contributed by atoms with Crippen LogP contribution < -0.4 is 10.1 Å². The number of ether oxygens (including phenoxy) is 1. The number of aromatic nitrogens is 1. The van der Waals surface area contributed by atoms with E-state index < -0.39 is 0 Å². The summed E-state index contributed by atoms with van der Waals surface area (Å²) < 4.78 is 19.0. The van der Waals surface area contributed by atoms with E-state index in [4.69, 9.17) is 4.74 Å². The number of methoxy groups -OCH3 is 1. The van der Waals surface area contributed by atoms with Crippen LogP contribution in [0.5, 0.6) is 5.75 Å². The van der Waals surface area contributed by atoms with E-state index in [2.05, 4.69) is 16.4 Å². The van der Waals surface area contributed by atoms with Gasteiger partial charge in [0, 0.05) is 11.2 Å². The second kappa shape index (κ2) is 5.25. The van der Waals surface area contributed by atoms with Crippen molar-refractivity contribution >= 4 is 16.6 Å². The molecule has 0 aliphatic carbocycles. The monoisotopic (exact) mass is 270 g/mol. The second-order valence-electron chi connectivity index (χ2n) is 4.55. The first-order valence-electron chi connectivity index (χ1n) is 6.41. The molecule has 0 aliphatic heterocycles. The predicted molar refractivity (Wildman–Crippen MR) is 78.6 cm³/mol. The zero-order chi connectivity index (χ0) is 13.9. The maximum absolute atomic E-state index is 13.8. The van der Waals surface area contributed by atoms with Crippen molar-refractivity contribution in [1.29, 1.82) is 0 Å². The molecule has 1 heterocycles. The van der Waals surface area contributed by atoms with Crippen LogP contribution in [0.4, 0.5) is 10.1 Å². The fourth-order valence-corrected chi connectivity index (χ4v) is 2.26. The lowest BCUT2D eigenvalue weighted by atomic mass is 10.2. The largest absolute Gasteiger partial charge is 0.494 e. The number of anilines is 1. The molecule has 102 valence electrons. The highest BCUT2D eigenvalue weighted by Crippen LogP contribution is 2.27. The SMILES string of the molecule is COc1cccc(F)c1NCc1cc2ccccc2[nH]1. The quantitative estimate of drug-likeness (QED) is 0.753. The Balaban J connectivity index is 1.82. The van der Waals surface area contributed by atoms with Crippen LogP contribution in [-0.2, 0) is 6.54 Å². The Kier molecular flexibility index (Phi) is 3.29. The molecular weight excluding hydrogens is 255 g/mol. The van der Waals surface area contributed by atoms with Crippen molar-refractivity contribution in [2.45, 2.75) is 6.54 Å². The molecule has 3 nitrogen and oxygen atoms in total. The van der Waals surface area contributed by atoms with E-state index >= 15 is 0 Å². The number of H-pyrrole nitrogens is 1. The summed E-state index contributed by atoms with van der Waals surface area (Å²) in [6, 6.07) is 14.9. The Labute approximate surface area is 116 Å². The number of fused-ring (bicyclic) bond motifs is 1. The highest BCUT2D eigenvalue weighted by atomic mass is 19.1. The standard InChI is InChI=1S/C16H15FN2O/c1-20-15-8-4-6-13(17)16(15)18-10-12-9-11-5-2-3-7-14(11)19-12/h2-9,18-19H,10H2,1H3. The van der Waals surface area contributed by atoms with Crippen LogP contribution in [0.15, 0.2) is 48.5 Å². The van der Waals surface area contributed by atoms with Crippen LogP contribution in [0, 0.1) is 5.82 Å². The van der Waals surface area contributed by atoms with Crippen LogP contribution in [0.1, 0.15) is 5.69 Å². The average Bonchev–Trinajstić information content (AvgIpc) is 2.88. The first-order chi connectivity index (χ1) is 9.78. The Bertz CT molecular complexity index is 703. The number of rotatable bonds is 4. The molecule has 0 aliphatic rings. The molecule has 0 spiro atoms. The smallest absolute Gasteiger partial charge is 0.150 e. The molecule has 0 atom stereocenters. The molecular formula is C16H15FN2O. The minimum atomic E-state index is -0.319. The average molecular weight is 270 g/mol. The van der Waals surface area contributed by atoms with Crippen molar-refractivity contribution in [2.24, 2.45) is 0 Å². The normalized spacial score (nSPS) is 10.7. The molecule has 0 bridgehead atoms. The van der Waals surface area contributed by atoms with Gasteiger partial charge in [-0.25, -0.2) is 4.39 Å². The molecule has 0 amide bonds. The molecule has 1 aromatic heterocycles. The summed E-state index contributed by atoms with van der Waals surface area (Å²) in [4.78, 5) is 3.30. The van der Waals surface area contributed by atoms with Gasteiger partial charge in [-0.15, -0.1) is 0 Å². The van der Waals surface area contributed by atoms with Gasteiger partial charge < -0.3 is 15.0 Å². The van der Waals surface area contributed by atoms with Crippen LogP contribution in [0.2, 0.25) is 0 Å². The predicted octanol–water partition coefficient (Wildman–Crippen LogP) is 3.93. The molecule has 20 heavy (non-hydrogen) atoms. The summed E-state index contributed by atoms with van der Waals surface area (Å²) in [6.07, 6.45) is 0. The van der Waals surface area contributed by atoms with Crippen LogP contribution >= 0.6 is 0 Å². The maximum Gasteiger partial charge on any atom is 0.150 e. The maximum atomic E-state index is 13.8. The van der Waals surface area contributed by atoms with Gasteiger partial charge in [0.15, 0.2) is 0 Å². The number of para-hydroxylation sites is 2.